The summed E-state index contributed by atoms with van der Waals surface area (Å²) in [5, 5.41) is 1.10. The zero-order valence-electron chi connectivity index (χ0n) is 9.17. The SMILES string of the molecule is CN(C)c1nc(NN)nc(SC2COC2)n1. The molecule has 0 unspecified atom stereocenters. The van der Waals surface area contributed by atoms with E-state index < -0.39 is 0 Å². The van der Waals surface area contributed by atoms with Gasteiger partial charge in [-0.2, -0.15) is 15.0 Å². The summed E-state index contributed by atoms with van der Waals surface area (Å²) in [6, 6.07) is 0. The van der Waals surface area contributed by atoms with Gasteiger partial charge in [0.1, 0.15) is 0 Å². The van der Waals surface area contributed by atoms with E-state index in [0.717, 1.165) is 13.2 Å². The molecule has 1 saturated heterocycles. The molecule has 1 aromatic rings. The van der Waals surface area contributed by atoms with Crippen LogP contribution in [-0.4, -0.2) is 47.5 Å². The molecule has 0 atom stereocenters. The fraction of sp³-hybridized carbons (Fsp3) is 0.625. The molecule has 3 N–H and O–H groups in total. The van der Waals surface area contributed by atoms with E-state index >= 15 is 0 Å². The molecule has 7 nitrogen and oxygen atoms in total. The summed E-state index contributed by atoms with van der Waals surface area (Å²) >= 11 is 1.58. The highest BCUT2D eigenvalue weighted by Crippen LogP contribution is 2.26. The van der Waals surface area contributed by atoms with Crippen LogP contribution in [0.25, 0.3) is 0 Å². The first kappa shape index (κ1) is 11.4. The number of nitrogen functional groups attached to an aromatic ring is 1. The maximum atomic E-state index is 5.31. The van der Waals surface area contributed by atoms with E-state index in [1.165, 1.54) is 0 Å². The standard InChI is InChI=1S/C8H14N6OS/c1-14(2)7-10-6(13-9)11-8(12-7)16-5-3-15-4-5/h5H,3-4,9H2,1-2H3,(H,10,11,12,13). The van der Waals surface area contributed by atoms with Gasteiger partial charge in [-0.25, -0.2) is 5.84 Å². The van der Waals surface area contributed by atoms with E-state index in [-0.39, 0.29) is 0 Å². The second-order valence-electron chi connectivity index (χ2n) is 3.56. The van der Waals surface area contributed by atoms with Crippen LogP contribution in [0.15, 0.2) is 5.16 Å². The molecule has 1 aliphatic heterocycles. The van der Waals surface area contributed by atoms with Gasteiger partial charge < -0.3 is 9.64 Å². The summed E-state index contributed by atoms with van der Waals surface area (Å²) < 4.78 is 5.10. The van der Waals surface area contributed by atoms with Crippen molar-refractivity contribution in [1.82, 2.24) is 15.0 Å². The zero-order chi connectivity index (χ0) is 11.5. The van der Waals surface area contributed by atoms with Crippen LogP contribution in [0.1, 0.15) is 0 Å². The minimum Gasteiger partial charge on any atom is -0.379 e. The second-order valence-corrected chi connectivity index (χ2v) is 4.83. The lowest BCUT2D eigenvalue weighted by molar-refractivity contribution is 0.0454. The number of nitrogens with zero attached hydrogens (tertiary/aromatic N) is 4. The molecule has 0 amide bonds. The van der Waals surface area contributed by atoms with Crippen molar-refractivity contribution in [1.29, 1.82) is 0 Å². The number of hydrazine groups is 1. The van der Waals surface area contributed by atoms with Gasteiger partial charge in [0.25, 0.3) is 0 Å². The minimum atomic E-state index is 0.376. The van der Waals surface area contributed by atoms with Crippen molar-refractivity contribution in [3.8, 4) is 0 Å². The number of ether oxygens (including phenoxy) is 1. The quantitative estimate of drug-likeness (QED) is 0.550. The number of nitrogens with one attached hydrogen (secondary N) is 1. The number of hydrogen-bond donors (Lipinski definition) is 2. The number of nitrogens with two attached hydrogens (primary N) is 1. The summed E-state index contributed by atoms with van der Waals surface area (Å²) in [4.78, 5) is 14.4. The largest absolute Gasteiger partial charge is 0.379 e. The fourth-order valence-electron chi connectivity index (χ4n) is 1.09. The third kappa shape index (κ3) is 2.52. The first-order valence-corrected chi connectivity index (χ1v) is 5.71. The van der Waals surface area contributed by atoms with E-state index in [0.29, 0.717) is 22.3 Å². The van der Waals surface area contributed by atoms with Crippen molar-refractivity contribution in [3.63, 3.8) is 0 Å². The lowest BCUT2D eigenvalue weighted by atomic mass is 10.4. The molecule has 1 aromatic heterocycles. The highest BCUT2D eigenvalue weighted by Gasteiger charge is 2.21. The van der Waals surface area contributed by atoms with Gasteiger partial charge in [-0.1, -0.05) is 11.8 Å². The third-order valence-electron chi connectivity index (χ3n) is 2.01. The van der Waals surface area contributed by atoms with Gasteiger partial charge in [0.15, 0.2) is 5.16 Å². The Bertz CT molecular complexity index is 370. The van der Waals surface area contributed by atoms with Crippen LogP contribution in [-0.2, 0) is 4.74 Å². The van der Waals surface area contributed by atoms with Gasteiger partial charge in [0, 0.05) is 14.1 Å². The molecule has 0 saturated carbocycles. The minimum absolute atomic E-state index is 0.376. The van der Waals surface area contributed by atoms with Crippen molar-refractivity contribution in [3.05, 3.63) is 0 Å². The smallest absolute Gasteiger partial charge is 0.242 e. The Hall–Kier alpha value is -1.12. The maximum Gasteiger partial charge on any atom is 0.242 e. The first-order valence-electron chi connectivity index (χ1n) is 4.83. The zero-order valence-corrected chi connectivity index (χ0v) is 9.99. The average molecular weight is 242 g/mol. The summed E-state index contributed by atoms with van der Waals surface area (Å²) in [5.74, 6) is 6.27. The Balaban J connectivity index is 2.18. The number of hydrogen-bond acceptors (Lipinski definition) is 8. The van der Waals surface area contributed by atoms with Gasteiger partial charge in [0.05, 0.1) is 18.5 Å². The normalized spacial score (nSPS) is 15.7. The van der Waals surface area contributed by atoms with Crippen LogP contribution in [0.5, 0.6) is 0 Å². The maximum absolute atomic E-state index is 5.31. The Morgan fingerprint density at radius 3 is 2.62 bits per heavy atom. The summed E-state index contributed by atoms with van der Waals surface area (Å²) in [7, 11) is 3.74. The van der Waals surface area contributed by atoms with E-state index in [4.69, 9.17) is 10.6 Å². The highest BCUT2D eigenvalue weighted by molar-refractivity contribution is 7.99. The van der Waals surface area contributed by atoms with Gasteiger partial charge >= 0.3 is 0 Å². The molecule has 2 heterocycles. The molecule has 0 aliphatic carbocycles. The van der Waals surface area contributed by atoms with E-state index in [9.17, 15) is 0 Å². The number of thioether (sulfide) groups is 1. The predicted molar refractivity (Wildman–Crippen MR) is 62.4 cm³/mol. The Morgan fingerprint density at radius 1 is 1.38 bits per heavy atom. The highest BCUT2D eigenvalue weighted by atomic mass is 32.2. The average Bonchev–Trinajstić information content (AvgIpc) is 2.23. The van der Waals surface area contributed by atoms with Gasteiger partial charge in [0.2, 0.25) is 11.9 Å². The van der Waals surface area contributed by atoms with E-state index in [1.807, 2.05) is 19.0 Å². The van der Waals surface area contributed by atoms with Crippen LogP contribution >= 0.6 is 11.8 Å². The van der Waals surface area contributed by atoms with Crippen molar-refractivity contribution in [2.24, 2.45) is 5.84 Å². The lowest BCUT2D eigenvalue weighted by Crippen LogP contribution is -2.30. The molecule has 88 valence electrons. The van der Waals surface area contributed by atoms with Crippen molar-refractivity contribution in [2.45, 2.75) is 10.4 Å². The van der Waals surface area contributed by atoms with Crippen LogP contribution in [0.2, 0.25) is 0 Å². The molecule has 1 fully saturated rings. The molecular weight excluding hydrogens is 228 g/mol. The molecule has 0 radical (unpaired) electrons. The number of anilines is 2. The second kappa shape index (κ2) is 4.81. The Morgan fingerprint density at radius 2 is 2.12 bits per heavy atom. The summed E-state index contributed by atoms with van der Waals surface area (Å²) in [6.45, 7) is 1.50. The fourth-order valence-corrected chi connectivity index (χ4v) is 1.99. The molecule has 8 heteroatoms. The molecule has 1 aliphatic rings. The number of aromatic nitrogens is 3. The van der Waals surface area contributed by atoms with Crippen molar-refractivity contribution >= 4 is 23.7 Å². The molecule has 16 heavy (non-hydrogen) atoms. The summed E-state index contributed by atoms with van der Waals surface area (Å²) in [5.41, 5.74) is 2.44. The van der Waals surface area contributed by atoms with Crippen LogP contribution < -0.4 is 16.2 Å². The molecule has 0 spiro atoms. The lowest BCUT2D eigenvalue weighted by Gasteiger charge is -2.24. The molecule has 2 rings (SSSR count). The van der Waals surface area contributed by atoms with Gasteiger partial charge in [-0.3, -0.25) is 5.43 Å². The molecule has 0 bridgehead atoms. The van der Waals surface area contributed by atoms with Gasteiger partial charge in [-0.05, 0) is 0 Å². The topological polar surface area (TPSA) is 89.2 Å². The van der Waals surface area contributed by atoms with Crippen LogP contribution in [0, 0.1) is 0 Å². The van der Waals surface area contributed by atoms with Crippen molar-refractivity contribution < 1.29 is 4.74 Å². The van der Waals surface area contributed by atoms with Crippen molar-refractivity contribution in [2.75, 3.05) is 37.6 Å². The van der Waals surface area contributed by atoms with Crippen LogP contribution in [0.3, 0.4) is 0 Å². The molecular formula is C8H14N6OS. The summed E-state index contributed by atoms with van der Waals surface area (Å²) in [6.07, 6.45) is 0. The predicted octanol–water partition coefficient (Wildman–Crippen LogP) is -0.286. The van der Waals surface area contributed by atoms with Crippen LogP contribution in [0.4, 0.5) is 11.9 Å². The van der Waals surface area contributed by atoms with E-state index in [1.54, 1.807) is 11.8 Å². The molecule has 0 aromatic carbocycles. The Labute approximate surface area is 97.8 Å². The van der Waals surface area contributed by atoms with Gasteiger partial charge in [-0.15, -0.1) is 0 Å². The Kier molecular flexibility index (Phi) is 3.42. The number of rotatable bonds is 4. The monoisotopic (exact) mass is 242 g/mol. The first-order chi connectivity index (χ1) is 7.69. The van der Waals surface area contributed by atoms with E-state index in [2.05, 4.69) is 20.4 Å². The third-order valence-corrected chi connectivity index (χ3v) is 3.01.